The van der Waals surface area contributed by atoms with Crippen LogP contribution in [0.2, 0.25) is 0 Å². The fraction of sp³-hybridized carbons (Fsp3) is 0.222. The predicted octanol–water partition coefficient (Wildman–Crippen LogP) is 0.747. The van der Waals surface area contributed by atoms with Crippen molar-refractivity contribution in [1.29, 1.82) is 0 Å². The van der Waals surface area contributed by atoms with Crippen LogP contribution < -0.4 is 5.32 Å². The zero-order valence-electron chi connectivity index (χ0n) is 7.99. The number of esters is 1. The normalized spacial score (nSPS) is 9.47. The molecule has 1 N–H and O–H groups in total. The molecule has 0 aliphatic carbocycles. The second-order valence-corrected chi connectivity index (χ2v) is 3.57. The lowest BCUT2D eigenvalue weighted by atomic mass is 10.3. The first-order valence-corrected chi connectivity index (χ1v) is 4.88. The number of ether oxygens (including phenoxy) is 1. The van der Waals surface area contributed by atoms with Crippen LogP contribution in [0, 0.1) is 0 Å². The maximum Gasteiger partial charge on any atom is 0.325 e. The largest absolute Gasteiger partial charge is 0.468 e. The van der Waals surface area contributed by atoms with Gasteiger partial charge in [-0.2, -0.15) is 0 Å². The van der Waals surface area contributed by atoms with Crippen molar-refractivity contribution in [3.05, 3.63) is 28.5 Å². The summed E-state index contributed by atoms with van der Waals surface area (Å²) in [7, 11) is 1.26. The van der Waals surface area contributed by atoms with Crippen molar-refractivity contribution in [2.45, 2.75) is 0 Å². The molecule has 0 radical (unpaired) electrons. The maximum absolute atomic E-state index is 11.4. The molecule has 1 heterocycles. The number of aromatic nitrogens is 1. The van der Waals surface area contributed by atoms with Crippen molar-refractivity contribution in [2.24, 2.45) is 0 Å². The van der Waals surface area contributed by atoms with Crippen molar-refractivity contribution >= 4 is 27.8 Å². The third kappa shape index (κ3) is 3.67. The lowest BCUT2D eigenvalue weighted by Gasteiger charge is -2.03. The topological polar surface area (TPSA) is 68.3 Å². The van der Waals surface area contributed by atoms with E-state index < -0.39 is 5.97 Å². The lowest BCUT2D eigenvalue weighted by molar-refractivity contribution is -0.139. The number of hydrogen-bond acceptors (Lipinski definition) is 4. The highest BCUT2D eigenvalue weighted by molar-refractivity contribution is 9.10. The van der Waals surface area contributed by atoms with Crippen LogP contribution in [-0.4, -0.2) is 30.5 Å². The van der Waals surface area contributed by atoms with E-state index in [1.807, 2.05) is 0 Å². The minimum atomic E-state index is -0.494. The Morgan fingerprint density at radius 2 is 2.27 bits per heavy atom. The van der Waals surface area contributed by atoms with Gasteiger partial charge < -0.3 is 10.1 Å². The van der Waals surface area contributed by atoms with E-state index in [4.69, 9.17) is 0 Å². The number of nitrogens with zero attached hydrogens (tertiary/aromatic N) is 1. The second-order valence-electron chi connectivity index (χ2n) is 2.65. The smallest absolute Gasteiger partial charge is 0.325 e. The number of nitrogens with one attached hydrogen (secondary N) is 1. The predicted molar refractivity (Wildman–Crippen MR) is 56.3 cm³/mol. The van der Waals surface area contributed by atoms with Gasteiger partial charge in [0.1, 0.15) is 6.54 Å². The highest BCUT2D eigenvalue weighted by Gasteiger charge is 2.08. The third-order valence-corrected chi connectivity index (χ3v) is 2.02. The molecule has 80 valence electrons. The summed E-state index contributed by atoms with van der Waals surface area (Å²) >= 11 is 3.19. The van der Waals surface area contributed by atoms with Gasteiger partial charge in [-0.3, -0.25) is 14.6 Å². The highest BCUT2D eigenvalue weighted by Crippen LogP contribution is 2.09. The van der Waals surface area contributed by atoms with E-state index in [2.05, 4.69) is 31.0 Å². The number of methoxy groups -OCH3 is 1. The van der Waals surface area contributed by atoms with Gasteiger partial charge in [-0.15, -0.1) is 0 Å². The van der Waals surface area contributed by atoms with E-state index in [0.717, 1.165) is 0 Å². The number of amides is 1. The molecular formula is C9H9BrN2O3. The van der Waals surface area contributed by atoms with Gasteiger partial charge in [0.25, 0.3) is 5.91 Å². The van der Waals surface area contributed by atoms with Crippen LogP contribution in [0.5, 0.6) is 0 Å². The number of carbonyl (C=O) groups excluding carboxylic acids is 2. The number of carbonyl (C=O) groups is 2. The highest BCUT2D eigenvalue weighted by atomic mass is 79.9. The van der Waals surface area contributed by atoms with Crippen molar-refractivity contribution in [3.8, 4) is 0 Å². The Balaban J connectivity index is 2.58. The summed E-state index contributed by atoms with van der Waals surface area (Å²) in [6.45, 7) is -0.151. The molecule has 0 spiro atoms. The molecule has 0 fully saturated rings. The van der Waals surface area contributed by atoms with Gasteiger partial charge in [0, 0.05) is 16.9 Å². The Hall–Kier alpha value is -1.43. The molecule has 6 heteroatoms. The van der Waals surface area contributed by atoms with Crippen LogP contribution in [0.3, 0.4) is 0 Å². The van der Waals surface area contributed by atoms with Gasteiger partial charge in [0.05, 0.1) is 12.7 Å². The zero-order chi connectivity index (χ0) is 11.3. The van der Waals surface area contributed by atoms with Crippen LogP contribution in [0.4, 0.5) is 0 Å². The molecule has 1 aromatic rings. The Kier molecular flexibility index (Phi) is 4.23. The summed E-state index contributed by atoms with van der Waals surface area (Å²) in [5.74, 6) is -0.861. The van der Waals surface area contributed by atoms with Gasteiger partial charge in [-0.05, 0) is 22.0 Å². The quantitative estimate of drug-likeness (QED) is 0.825. The monoisotopic (exact) mass is 272 g/mol. The van der Waals surface area contributed by atoms with E-state index >= 15 is 0 Å². The molecule has 0 saturated carbocycles. The maximum atomic E-state index is 11.4. The number of pyridine rings is 1. The van der Waals surface area contributed by atoms with E-state index in [-0.39, 0.29) is 12.5 Å². The minimum absolute atomic E-state index is 0.151. The molecular weight excluding hydrogens is 264 g/mol. The molecule has 0 unspecified atom stereocenters. The van der Waals surface area contributed by atoms with Crippen molar-refractivity contribution in [2.75, 3.05) is 13.7 Å². The van der Waals surface area contributed by atoms with E-state index in [1.54, 1.807) is 12.3 Å². The van der Waals surface area contributed by atoms with Crippen LogP contribution in [0.15, 0.2) is 22.9 Å². The average Bonchev–Trinajstić information content (AvgIpc) is 2.25. The van der Waals surface area contributed by atoms with Crippen LogP contribution >= 0.6 is 15.9 Å². The van der Waals surface area contributed by atoms with Gasteiger partial charge in [0.15, 0.2) is 0 Å². The molecule has 15 heavy (non-hydrogen) atoms. The fourth-order valence-corrected chi connectivity index (χ4v) is 1.23. The van der Waals surface area contributed by atoms with E-state index in [0.29, 0.717) is 10.0 Å². The Labute approximate surface area is 95.0 Å². The minimum Gasteiger partial charge on any atom is -0.468 e. The first-order valence-electron chi connectivity index (χ1n) is 4.09. The summed E-state index contributed by atoms with van der Waals surface area (Å²) in [5.41, 5.74) is 0.383. The molecule has 1 amide bonds. The Morgan fingerprint density at radius 3 is 2.87 bits per heavy atom. The Morgan fingerprint density at radius 1 is 1.53 bits per heavy atom. The first-order chi connectivity index (χ1) is 7.13. The van der Waals surface area contributed by atoms with Gasteiger partial charge in [0.2, 0.25) is 0 Å². The third-order valence-electron chi connectivity index (χ3n) is 1.59. The van der Waals surface area contributed by atoms with Gasteiger partial charge >= 0.3 is 5.97 Å². The molecule has 5 nitrogen and oxygen atoms in total. The fourth-order valence-electron chi connectivity index (χ4n) is 0.863. The number of hydrogen-bond donors (Lipinski definition) is 1. The summed E-state index contributed by atoms with van der Waals surface area (Å²) < 4.78 is 5.08. The van der Waals surface area contributed by atoms with Crippen LogP contribution in [-0.2, 0) is 9.53 Å². The standard InChI is InChI=1S/C9H9BrN2O3/c1-15-8(13)5-12-9(14)6-2-7(10)4-11-3-6/h2-4H,5H2,1H3,(H,12,14). The van der Waals surface area contributed by atoms with Crippen LogP contribution in [0.1, 0.15) is 10.4 Å². The summed E-state index contributed by atoms with van der Waals surface area (Å²) in [4.78, 5) is 26.0. The average molecular weight is 273 g/mol. The molecule has 0 aliphatic rings. The van der Waals surface area contributed by atoms with Gasteiger partial charge in [-0.1, -0.05) is 0 Å². The first kappa shape index (κ1) is 11.6. The van der Waals surface area contributed by atoms with Crippen molar-refractivity contribution in [1.82, 2.24) is 10.3 Å². The zero-order valence-corrected chi connectivity index (χ0v) is 9.58. The van der Waals surface area contributed by atoms with Crippen molar-refractivity contribution < 1.29 is 14.3 Å². The van der Waals surface area contributed by atoms with Crippen molar-refractivity contribution in [3.63, 3.8) is 0 Å². The summed E-state index contributed by atoms with van der Waals surface area (Å²) in [6, 6.07) is 1.61. The van der Waals surface area contributed by atoms with E-state index in [9.17, 15) is 9.59 Å². The van der Waals surface area contributed by atoms with Gasteiger partial charge in [-0.25, -0.2) is 0 Å². The molecule has 0 saturated heterocycles. The summed E-state index contributed by atoms with van der Waals surface area (Å²) in [6.07, 6.45) is 2.98. The number of rotatable bonds is 3. The van der Waals surface area contributed by atoms with E-state index in [1.165, 1.54) is 13.3 Å². The van der Waals surface area contributed by atoms with Crippen LogP contribution in [0.25, 0.3) is 0 Å². The lowest BCUT2D eigenvalue weighted by Crippen LogP contribution is -2.30. The molecule has 0 aliphatic heterocycles. The second kappa shape index (κ2) is 5.45. The molecule has 1 aromatic heterocycles. The Bertz CT molecular complexity index is 381. The molecule has 0 aromatic carbocycles. The summed E-state index contributed by atoms with van der Waals surface area (Å²) in [5, 5.41) is 2.40. The SMILES string of the molecule is COC(=O)CNC(=O)c1cncc(Br)c1. The molecule has 0 atom stereocenters. The number of halogens is 1. The molecule has 1 rings (SSSR count). The molecule has 0 bridgehead atoms.